The Balaban J connectivity index is 1.65. The van der Waals surface area contributed by atoms with Gasteiger partial charge in [-0.05, 0) is 76.8 Å². The highest BCUT2D eigenvalue weighted by molar-refractivity contribution is 9.10. The fourth-order valence-corrected chi connectivity index (χ4v) is 3.65. The van der Waals surface area contributed by atoms with Crippen molar-refractivity contribution < 1.29 is 14.3 Å². The van der Waals surface area contributed by atoms with Gasteiger partial charge in [-0.3, -0.25) is 4.79 Å². The van der Waals surface area contributed by atoms with Crippen molar-refractivity contribution in [2.75, 3.05) is 23.8 Å². The van der Waals surface area contributed by atoms with Crippen LogP contribution in [0.25, 0.3) is 0 Å². The average molecular weight is 483 g/mol. The van der Waals surface area contributed by atoms with Crippen molar-refractivity contribution in [2.45, 2.75) is 26.8 Å². The molecule has 3 rings (SSSR count). The van der Waals surface area contributed by atoms with E-state index in [9.17, 15) is 4.79 Å². The Labute approximate surface area is 191 Å². The Hall–Kier alpha value is -2.99. The minimum absolute atomic E-state index is 0.116. The lowest BCUT2D eigenvalue weighted by atomic mass is 10.1. The Kier molecular flexibility index (Phi) is 8.35. The van der Waals surface area contributed by atoms with Crippen LogP contribution >= 0.6 is 15.9 Å². The SMILES string of the molecule is CCOc1cc(CNc2ccc(CC)cc2)cc(Br)c1OCC(=O)Nc1ccccc1. The van der Waals surface area contributed by atoms with Gasteiger partial charge < -0.3 is 20.1 Å². The van der Waals surface area contributed by atoms with E-state index in [0.29, 0.717) is 24.7 Å². The number of ether oxygens (including phenoxy) is 2. The van der Waals surface area contributed by atoms with Gasteiger partial charge in [0.05, 0.1) is 11.1 Å². The molecule has 0 saturated heterocycles. The predicted molar refractivity (Wildman–Crippen MR) is 129 cm³/mol. The van der Waals surface area contributed by atoms with E-state index in [1.807, 2.05) is 49.4 Å². The fourth-order valence-electron chi connectivity index (χ4n) is 3.05. The van der Waals surface area contributed by atoms with E-state index < -0.39 is 0 Å². The second kappa shape index (κ2) is 11.4. The van der Waals surface area contributed by atoms with Crippen molar-refractivity contribution in [1.29, 1.82) is 0 Å². The Bertz CT molecular complexity index is 992. The second-order valence-electron chi connectivity index (χ2n) is 6.94. The zero-order valence-corrected chi connectivity index (χ0v) is 19.4. The molecule has 0 aliphatic rings. The van der Waals surface area contributed by atoms with E-state index in [1.165, 1.54) is 5.56 Å². The summed E-state index contributed by atoms with van der Waals surface area (Å²) >= 11 is 3.57. The van der Waals surface area contributed by atoms with Crippen molar-refractivity contribution in [3.63, 3.8) is 0 Å². The number of para-hydroxylation sites is 1. The number of rotatable bonds is 10. The first kappa shape index (κ1) is 22.7. The molecule has 2 N–H and O–H groups in total. The molecule has 0 radical (unpaired) electrons. The molecule has 3 aromatic rings. The standard InChI is InChI=1S/C25H27BrN2O3/c1-3-18-10-12-20(13-11-18)27-16-19-14-22(26)25(23(15-19)30-4-2)31-17-24(29)28-21-8-6-5-7-9-21/h5-15,27H,3-4,16-17H2,1-2H3,(H,28,29). The quantitative estimate of drug-likeness (QED) is 0.369. The Morgan fingerprint density at radius 3 is 2.32 bits per heavy atom. The smallest absolute Gasteiger partial charge is 0.262 e. The number of halogens is 1. The Morgan fingerprint density at radius 1 is 0.903 bits per heavy atom. The average Bonchev–Trinajstić information content (AvgIpc) is 2.78. The first-order chi connectivity index (χ1) is 15.1. The van der Waals surface area contributed by atoms with E-state index in [1.54, 1.807) is 0 Å². The zero-order valence-electron chi connectivity index (χ0n) is 17.8. The van der Waals surface area contributed by atoms with E-state index >= 15 is 0 Å². The first-order valence-corrected chi connectivity index (χ1v) is 11.1. The van der Waals surface area contributed by atoms with Crippen LogP contribution in [0.4, 0.5) is 11.4 Å². The van der Waals surface area contributed by atoms with Crippen molar-refractivity contribution in [2.24, 2.45) is 0 Å². The maximum Gasteiger partial charge on any atom is 0.262 e. The normalized spacial score (nSPS) is 10.4. The molecule has 0 atom stereocenters. The highest BCUT2D eigenvalue weighted by Crippen LogP contribution is 2.37. The molecular formula is C25H27BrN2O3. The van der Waals surface area contributed by atoms with E-state index in [4.69, 9.17) is 9.47 Å². The molecular weight excluding hydrogens is 456 g/mol. The van der Waals surface area contributed by atoms with Crippen LogP contribution in [0.3, 0.4) is 0 Å². The van der Waals surface area contributed by atoms with Gasteiger partial charge in [0.15, 0.2) is 18.1 Å². The van der Waals surface area contributed by atoms with Gasteiger partial charge in [0.2, 0.25) is 0 Å². The predicted octanol–water partition coefficient (Wildman–Crippen LogP) is 6.04. The lowest BCUT2D eigenvalue weighted by molar-refractivity contribution is -0.118. The van der Waals surface area contributed by atoms with Crippen LogP contribution in [0.15, 0.2) is 71.2 Å². The van der Waals surface area contributed by atoms with Crippen LogP contribution in [0.5, 0.6) is 11.5 Å². The molecule has 0 aromatic heterocycles. The summed E-state index contributed by atoms with van der Waals surface area (Å²) in [5.74, 6) is 0.880. The third-order valence-corrected chi connectivity index (χ3v) is 5.22. The number of anilines is 2. The molecule has 31 heavy (non-hydrogen) atoms. The van der Waals surface area contributed by atoms with E-state index in [2.05, 4.69) is 57.8 Å². The number of carbonyl (C=O) groups is 1. The van der Waals surface area contributed by atoms with Gasteiger partial charge in [-0.15, -0.1) is 0 Å². The maximum absolute atomic E-state index is 12.2. The lowest BCUT2D eigenvalue weighted by Gasteiger charge is -2.16. The molecule has 5 nitrogen and oxygen atoms in total. The summed E-state index contributed by atoms with van der Waals surface area (Å²) in [5.41, 5.74) is 4.14. The summed E-state index contributed by atoms with van der Waals surface area (Å²) in [4.78, 5) is 12.2. The number of aryl methyl sites for hydroxylation is 1. The molecule has 6 heteroatoms. The summed E-state index contributed by atoms with van der Waals surface area (Å²) in [6, 6.07) is 21.6. The van der Waals surface area contributed by atoms with Gasteiger partial charge in [-0.25, -0.2) is 0 Å². The fraction of sp³-hybridized carbons (Fsp3) is 0.240. The van der Waals surface area contributed by atoms with Gasteiger partial charge in [0.25, 0.3) is 5.91 Å². The molecule has 0 fully saturated rings. The van der Waals surface area contributed by atoms with Gasteiger partial charge in [-0.1, -0.05) is 37.3 Å². The number of carbonyl (C=O) groups excluding carboxylic acids is 1. The van der Waals surface area contributed by atoms with Crippen LogP contribution in [0, 0.1) is 0 Å². The summed E-state index contributed by atoms with van der Waals surface area (Å²) in [7, 11) is 0. The minimum atomic E-state index is -0.234. The molecule has 162 valence electrons. The topological polar surface area (TPSA) is 59.6 Å². The number of nitrogens with one attached hydrogen (secondary N) is 2. The third-order valence-electron chi connectivity index (χ3n) is 4.63. The van der Waals surface area contributed by atoms with Crippen molar-refractivity contribution in [1.82, 2.24) is 0 Å². The van der Waals surface area contributed by atoms with Crippen molar-refractivity contribution >= 4 is 33.2 Å². The lowest BCUT2D eigenvalue weighted by Crippen LogP contribution is -2.20. The van der Waals surface area contributed by atoms with Gasteiger partial charge in [-0.2, -0.15) is 0 Å². The molecule has 3 aromatic carbocycles. The molecule has 1 amide bonds. The molecule has 0 heterocycles. The molecule has 0 aliphatic carbocycles. The van der Waals surface area contributed by atoms with Gasteiger partial charge in [0.1, 0.15) is 0 Å². The summed E-state index contributed by atoms with van der Waals surface area (Å²) < 4.78 is 12.3. The second-order valence-corrected chi connectivity index (χ2v) is 7.80. The summed E-state index contributed by atoms with van der Waals surface area (Å²) in [6.07, 6.45) is 1.02. The number of hydrogen-bond donors (Lipinski definition) is 2. The van der Waals surface area contributed by atoms with Crippen molar-refractivity contribution in [3.05, 3.63) is 82.3 Å². The summed E-state index contributed by atoms with van der Waals surface area (Å²) in [6.45, 7) is 5.08. The number of hydrogen-bond acceptors (Lipinski definition) is 4. The van der Waals surface area contributed by atoms with Crippen LogP contribution in [-0.4, -0.2) is 19.1 Å². The minimum Gasteiger partial charge on any atom is -0.490 e. The van der Waals surface area contributed by atoms with Crippen LogP contribution in [0.2, 0.25) is 0 Å². The number of amides is 1. The Morgan fingerprint density at radius 2 is 1.65 bits per heavy atom. The highest BCUT2D eigenvalue weighted by atomic mass is 79.9. The van der Waals surface area contributed by atoms with E-state index in [0.717, 1.165) is 27.8 Å². The molecule has 0 aliphatic heterocycles. The van der Waals surface area contributed by atoms with Gasteiger partial charge in [0, 0.05) is 17.9 Å². The molecule has 0 bridgehead atoms. The van der Waals surface area contributed by atoms with Crippen molar-refractivity contribution in [3.8, 4) is 11.5 Å². The molecule has 0 saturated carbocycles. The third kappa shape index (κ3) is 6.76. The summed E-state index contributed by atoms with van der Waals surface area (Å²) in [5, 5.41) is 6.24. The highest BCUT2D eigenvalue weighted by Gasteiger charge is 2.14. The van der Waals surface area contributed by atoms with Crippen LogP contribution in [-0.2, 0) is 17.8 Å². The van der Waals surface area contributed by atoms with E-state index in [-0.39, 0.29) is 12.5 Å². The van der Waals surface area contributed by atoms with Crippen LogP contribution in [0.1, 0.15) is 25.0 Å². The largest absolute Gasteiger partial charge is 0.490 e. The van der Waals surface area contributed by atoms with Crippen LogP contribution < -0.4 is 20.1 Å². The first-order valence-electron chi connectivity index (χ1n) is 10.3. The number of benzene rings is 3. The van der Waals surface area contributed by atoms with Gasteiger partial charge >= 0.3 is 0 Å². The molecule has 0 spiro atoms. The monoisotopic (exact) mass is 482 g/mol. The zero-order chi connectivity index (χ0) is 22.1. The maximum atomic E-state index is 12.2. The molecule has 0 unspecified atom stereocenters.